The number of esters is 1. The third kappa shape index (κ3) is 4.10. The van der Waals surface area contributed by atoms with Gasteiger partial charge in [0, 0.05) is 12.8 Å². The summed E-state index contributed by atoms with van der Waals surface area (Å²) < 4.78 is 28.3. The van der Waals surface area contributed by atoms with Gasteiger partial charge < -0.3 is 4.74 Å². The number of hydrogen-bond acceptors (Lipinski definition) is 6. The lowest BCUT2D eigenvalue weighted by molar-refractivity contribution is 0.0518. The first kappa shape index (κ1) is 14.6. The molecule has 1 heterocycles. The Hall–Kier alpha value is -1.44. The highest BCUT2D eigenvalue weighted by Crippen LogP contribution is 2.06. The maximum Gasteiger partial charge on any atom is 0.360 e. The van der Waals surface area contributed by atoms with Gasteiger partial charge in [-0.05, 0) is 20.3 Å². The average Bonchev–Trinajstić information content (AvgIpc) is 2.59. The summed E-state index contributed by atoms with van der Waals surface area (Å²) in [5, 5.41) is 7.55. The molecule has 0 amide bonds. The van der Waals surface area contributed by atoms with Crippen LogP contribution in [0, 0.1) is 6.92 Å². The first-order valence-corrected chi connectivity index (χ1v) is 7.66. The number of ether oxygens (including phenoxy) is 1. The van der Waals surface area contributed by atoms with Gasteiger partial charge in [-0.2, -0.15) is 0 Å². The lowest BCUT2D eigenvalue weighted by Gasteiger charge is -2.03. The molecule has 0 fully saturated rings. The second-order valence-corrected chi connectivity index (χ2v) is 6.21. The van der Waals surface area contributed by atoms with E-state index in [9.17, 15) is 13.2 Å². The van der Waals surface area contributed by atoms with E-state index < -0.39 is 15.8 Å². The number of nitrogens with zero attached hydrogens (tertiary/aromatic N) is 3. The second kappa shape index (κ2) is 5.94. The molecule has 0 aliphatic rings. The van der Waals surface area contributed by atoms with Crippen LogP contribution in [0.15, 0.2) is 0 Å². The van der Waals surface area contributed by atoms with Crippen molar-refractivity contribution in [2.75, 3.05) is 18.6 Å². The average molecular weight is 275 g/mol. The zero-order valence-electron chi connectivity index (χ0n) is 10.7. The van der Waals surface area contributed by atoms with Crippen molar-refractivity contribution in [1.82, 2.24) is 15.0 Å². The van der Waals surface area contributed by atoms with Gasteiger partial charge in [0.1, 0.15) is 9.84 Å². The van der Waals surface area contributed by atoms with Gasteiger partial charge in [0.2, 0.25) is 0 Å². The van der Waals surface area contributed by atoms with Crippen molar-refractivity contribution in [2.24, 2.45) is 0 Å². The van der Waals surface area contributed by atoms with E-state index in [1.165, 1.54) is 10.9 Å². The number of sulfone groups is 1. The molecule has 1 rings (SSSR count). The smallest absolute Gasteiger partial charge is 0.360 e. The molecule has 8 heteroatoms. The summed E-state index contributed by atoms with van der Waals surface area (Å²) in [5.41, 5.74) is 0.762. The van der Waals surface area contributed by atoms with Crippen LogP contribution in [0.5, 0.6) is 0 Å². The maximum atomic E-state index is 11.5. The van der Waals surface area contributed by atoms with Crippen LogP contribution >= 0.6 is 0 Å². The van der Waals surface area contributed by atoms with Crippen LogP contribution in [-0.2, 0) is 21.1 Å². The Balaban J connectivity index is 2.66. The number of rotatable bonds is 6. The summed E-state index contributed by atoms with van der Waals surface area (Å²) in [4.78, 5) is 11.5. The fraction of sp³-hybridized carbons (Fsp3) is 0.700. The first-order chi connectivity index (χ1) is 8.35. The molecule has 0 spiro atoms. The second-order valence-electron chi connectivity index (χ2n) is 3.95. The molecule has 102 valence electrons. The summed E-state index contributed by atoms with van der Waals surface area (Å²) in [5.74, 6) is -0.425. The minimum atomic E-state index is -2.98. The van der Waals surface area contributed by atoms with Gasteiger partial charge in [0.05, 0.1) is 18.1 Å². The van der Waals surface area contributed by atoms with Crippen LogP contribution in [-0.4, -0.2) is 48.0 Å². The van der Waals surface area contributed by atoms with Gasteiger partial charge in [0.15, 0.2) is 5.69 Å². The lowest BCUT2D eigenvalue weighted by Crippen LogP contribution is -2.11. The highest BCUT2D eigenvalue weighted by molar-refractivity contribution is 7.90. The molecular formula is C10H17N3O4S. The molecule has 18 heavy (non-hydrogen) atoms. The molecular weight excluding hydrogens is 258 g/mol. The largest absolute Gasteiger partial charge is 0.461 e. The predicted molar refractivity (Wildman–Crippen MR) is 65.0 cm³/mol. The number of carbonyl (C=O) groups is 1. The van der Waals surface area contributed by atoms with Crippen molar-refractivity contribution < 1.29 is 17.9 Å². The fourth-order valence-corrected chi connectivity index (χ4v) is 2.09. The van der Waals surface area contributed by atoms with Crippen molar-refractivity contribution in [3.63, 3.8) is 0 Å². The third-order valence-electron chi connectivity index (χ3n) is 2.34. The molecule has 0 radical (unpaired) electrons. The van der Waals surface area contributed by atoms with Crippen molar-refractivity contribution in [3.8, 4) is 0 Å². The molecule has 0 saturated heterocycles. The van der Waals surface area contributed by atoms with Gasteiger partial charge >= 0.3 is 5.97 Å². The quantitative estimate of drug-likeness (QED) is 0.689. The number of hydrogen-bond donors (Lipinski definition) is 0. The van der Waals surface area contributed by atoms with Crippen LogP contribution in [0.1, 0.15) is 29.5 Å². The van der Waals surface area contributed by atoms with Crippen molar-refractivity contribution in [3.05, 3.63) is 11.4 Å². The molecule has 7 nitrogen and oxygen atoms in total. The Morgan fingerprint density at radius 1 is 1.44 bits per heavy atom. The van der Waals surface area contributed by atoms with E-state index in [0.29, 0.717) is 18.7 Å². The Labute approximate surface area is 106 Å². The van der Waals surface area contributed by atoms with Crippen LogP contribution in [0.25, 0.3) is 0 Å². The zero-order chi connectivity index (χ0) is 13.8. The molecule has 0 atom stereocenters. The fourth-order valence-electron chi connectivity index (χ4n) is 1.44. The summed E-state index contributed by atoms with van der Waals surface area (Å²) in [6, 6.07) is 0. The first-order valence-electron chi connectivity index (χ1n) is 5.60. The molecule has 0 N–H and O–H groups in total. The van der Waals surface area contributed by atoms with Gasteiger partial charge in [-0.25, -0.2) is 17.9 Å². The molecule has 1 aromatic rings. The van der Waals surface area contributed by atoms with Crippen molar-refractivity contribution >= 4 is 15.8 Å². The SMILES string of the molecule is CCOC(=O)c1nnn(CCCS(C)(=O)=O)c1C. The van der Waals surface area contributed by atoms with E-state index in [1.54, 1.807) is 13.8 Å². The summed E-state index contributed by atoms with van der Waals surface area (Å²) in [6.07, 6.45) is 1.62. The Morgan fingerprint density at radius 2 is 2.11 bits per heavy atom. The molecule has 1 aromatic heterocycles. The number of aryl methyl sites for hydroxylation is 1. The van der Waals surface area contributed by atoms with E-state index in [2.05, 4.69) is 10.3 Å². The highest BCUT2D eigenvalue weighted by Gasteiger charge is 2.17. The predicted octanol–water partition coefficient (Wildman–Crippen LogP) is 0.198. The van der Waals surface area contributed by atoms with Gasteiger partial charge in [0.25, 0.3) is 0 Å². The molecule has 0 bridgehead atoms. The maximum absolute atomic E-state index is 11.5. The van der Waals surface area contributed by atoms with Crippen LogP contribution < -0.4 is 0 Å². The van der Waals surface area contributed by atoms with Crippen molar-refractivity contribution in [1.29, 1.82) is 0 Å². The normalized spacial score (nSPS) is 11.5. The topological polar surface area (TPSA) is 91.2 Å². The lowest BCUT2D eigenvalue weighted by atomic mass is 10.3. The van der Waals surface area contributed by atoms with Crippen LogP contribution in [0.2, 0.25) is 0 Å². The van der Waals surface area contributed by atoms with Crippen LogP contribution in [0.3, 0.4) is 0 Å². The van der Waals surface area contributed by atoms with Crippen molar-refractivity contribution in [2.45, 2.75) is 26.8 Å². The monoisotopic (exact) mass is 275 g/mol. The van der Waals surface area contributed by atoms with Gasteiger partial charge in [-0.1, -0.05) is 5.21 Å². The molecule has 0 aliphatic heterocycles. The minimum Gasteiger partial charge on any atom is -0.461 e. The summed E-state index contributed by atoms with van der Waals surface area (Å²) >= 11 is 0. The highest BCUT2D eigenvalue weighted by atomic mass is 32.2. The van der Waals surface area contributed by atoms with Gasteiger partial charge in [-0.3, -0.25) is 0 Å². The van der Waals surface area contributed by atoms with E-state index in [0.717, 1.165) is 0 Å². The van der Waals surface area contributed by atoms with E-state index >= 15 is 0 Å². The molecule has 0 aliphatic carbocycles. The molecule has 0 aromatic carbocycles. The van der Waals surface area contributed by atoms with E-state index in [1.807, 2.05) is 0 Å². The van der Waals surface area contributed by atoms with Gasteiger partial charge in [-0.15, -0.1) is 5.10 Å². The summed E-state index contributed by atoms with van der Waals surface area (Å²) in [7, 11) is -2.98. The Kier molecular flexibility index (Phi) is 4.83. The van der Waals surface area contributed by atoms with E-state index in [4.69, 9.17) is 4.74 Å². The third-order valence-corrected chi connectivity index (χ3v) is 3.37. The Morgan fingerprint density at radius 3 is 2.67 bits per heavy atom. The number of carbonyl (C=O) groups excluding carboxylic acids is 1. The molecule has 0 unspecified atom stereocenters. The zero-order valence-corrected chi connectivity index (χ0v) is 11.5. The van der Waals surface area contributed by atoms with E-state index in [-0.39, 0.29) is 18.1 Å². The van der Waals surface area contributed by atoms with Crippen LogP contribution in [0.4, 0.5) is 0 Å². The summed E-state index contributed by atoms with van der Waals surface area (Å²) in [6.45, 7) is 4.10. The number of aromatic nitrogens is 3. The molecule has 0 saturated carbocycles. The minimum absolute atomic E-state index is 0.0844. The standard InChI is InChI=1S/C10H17N3O4S/c1-4-17-10(14)9-8(2)13(12-11-9)6-5-7-18(3,15)16/h4-7H2,1-3H3. The Bertz CT molecular complexity index is 521.